The lowest BCUT2D eigenvalue weighted by Crippen LogP contribution is -2.43. The van der Waals surface area contributed by atoms with Gasteiger partial charge in [0, 0.05) is 13.2 Å². The van der Waals surface area contributed by atoms with Crippen LogP contribution < -0.4 is 5.73 Å². The maximum Gasteiger partial charge on any atom is 0.101 e. The molecule has 56 valence electrons. The van der Waals surface area contributed by atoms with Gasteiger partial charge in [-0.15, -0.1) is 0 Å². The molecule has 2 heteroatoms. The number of hydrogen-bond donors (Lipinski definition) is 1. The van der Waals surface area contributed by atoms with Gasteiger partial charge in [0.15, 0.2) is 0 Å². The maximum absolute atomic E-state index is 5.89. The minimum atomic E-state index is -0.0926. The molecule has 2 bridgehead atoms. The van der Waals surface area contributed by atoms with Crippen LogP contribution >= 0.6 is 0 Å². The average Bonchev–Trinajstić information content (AvgIpc) is 2.44. The summed E-state index contributed by atoms with van der Waals surface area (Å²) in [6, 6.07) is 0.229. The normalized spacial score (nSPS) is 50.6. The van der Waals surface area contributed by atoms with Crippen LogP contribution in [0.1, 0.15) is 12.8 Å². The predicted molar refractivity (Wildman–Crippen MR) is 39.6 cm³/mol. The molecule has 0 amide bonds. The van der Waals surface area contributed by atoms with E-state index in [1.165, 1.54) is 0 Å². The lowest BCUT2D eigenvalue weighted by atomic mass is 9.98. The van der Waals surface area contributed by atoms with Gasteiger partial charge < -0.3 is 10.5 Å². The van der Waals surface area contributed by atoms with E-state index in [2.05, 4.69) is 12.2 Å². The Labute approximate surface area is 61.0 Å². The fraction of sp³-hybridized carbons (Fsp3) is 0.750. The largest absolute Gasteiger partial charge is 0.373 e. The number of fused-ring (bicyclic) bond motifs is 2. The number of rotatable bonds is 1. The van der Waals surface area contributed by atoms with Crippen molar-refractivity contribution in [1.82, 2.24) is 0 Å². The Morgan fingerprint density at radius 2 is 2.50 bits per heavy atom. The van der Waals surface area contributed by atoms with E-state index in [4.69, 9.17) is 10.5 Å². The van der Waals surface area contributed by atoms with Crippen LogP contribution in [0, 0.1) is 5.92 Å². The van der Waals surface area contributed by atoms with Crippen LogP contribution in [-0.2, 0) is 4.74 Å². The molecule has 0 aromatic rings. The number of methoxy groups -OCH3 is 1. The van der Waals surface area contributed by atoms with Crippen molar-refractivity contribution in [2.45, 2.75) is 24.5 Å². The van der Waals surface area contributed by atoms with Crippen LogP contribution in [0.2, 0.25) is 0 Å². The van der Waals surface area contributed by atoms with E-state index in [-0.39, 0.29) is 11.6 Å². The van der Waals surface area contributed by atoms with Crippen LogP contribution in [0.3, 0.4) is 0 Å². The predicted octanol–water partition coefficient (Wildman–Crippen LogP) is 0.679. The van der Waals surface area contributed by atoms with Crippen molar-refractivity contribution in [3.63, 3.8) is 0 Å². The summed E-state index contributed by atoms with van der Waals surface area (Å²) in [6.45, 7) is 0. The van der Waals surface area contributed by atoms with Crippen LogP contribution in [0.25, 0.3) is 0 Å². The summed E-state index contributed by atoms with van der Waals surface area (Å²) < 4.78 is 5.39. The summed E-state index contributed by atoms with van der Waals surface area (Å²) in [4.78, 5) is 0. The summed E-state index contributed by atoms with van der Waals surface area (Å²) in [6.07, 6.45) is 6.56. The van der Waals surface area contributed by atoms with Crippen LogP contribution in [0.15, 0.2) is 12.2 Å². The first-order valence-electron chi connectivity index (χ1n) is 3.77. The molecule has 0 unspecified atom stereocenters. The Morgan fingerprint density at radius 3 is 2.80 bits per heavy atom. The molecule has 2 N–H and O–H groups in total. The quantitative estimate of drug-likeness (QED) is 0.542. The molecule has 0 radical (unpaired) electrons. The highest BCUT2D eigenvalue weighted by atomic mass is 16.5. The van der Waals surface area contributed by atoms with E-state index in [0.29, 0.717) is 5.92 Å². The summed E-state index contributed by atoms with van der Waals surface area (Å²) in [5.74, 6) is 0.690. The molecule has 2 rings (SSSR count). The molecule has 0 aromatic heterocycles. The van der Waals surface area contributed by atoms with Crippen LogP contribution in [0.4, 0.5) is 0 Å². The lowest BCUT2D eigenvalue weighted by molar-refractivity contribution is 0.0283. The lowest BCUT2D eigenvalue weighted by Gasteiger charge is -2.27. The van der Waals surface area contributed by atoms with E-state index in [1.807, 2.05) is 0 Å². The van der Waals surface area contributed by atoms with Gasteiger partial charge in [-0.05, 0) is 18.8 Å². The van der Waals surface area contributed by atoms with E-state index >= 15 is 0 Å². The molecule has 0 heterocycles. The van der Waals surface area contributed by atoms with Gasteiger partial charge in [-0.1, -0.05) is 12.2 Å². The number of ether oxygens (including phenoxy) is 1. The van der Waals surface area contributed by atoms with Gasteiger partial charge in [0.05, 0.1) is 0 Å². The second-order valence-electron chi connectivity index (χ2n) is 3.32. The van der Waals surface area contributed by atoms with Crippen molar-refractivity contribution in [2.24, 2.45) is 11.7 Å². The fourth-order valence-electron chi connectivity index (χ4n) is 2.11. The average molecular weight is 139 g/mol. The van der Waals surface area contributed by atoms with Gasteiger partial charge in [-0.2, -0.15) is 0 Å². The minimum absolute atomic E-state index is 0.0926. The summed E-state index contributed by atoms with van der Waals surface area (Å²) in [7, 11) is 1.75. The SMILES string of the molecule is CO[C@@]12C=C[C@@H](C[C@H]1N)C2. The van der Waals surface area contributed by atoms with Gasteiger partial charge in [0.25, 0.3) is 0 Å². The summed E-state index contributed by atoms with van der Waals surface area (Å²) in [5, 5.41) is 0. The molecule has 1 fully saturated rings. The number of allylic oxidation sites excluding steroid dienone is 1. The van der Waals surface area contributed by atoms with E-state index in [1.54, 1.807) is 7.11 Å². The summed E-state index contributed by atoms with van der Waals surface area (Å²) in [5.41, 5.74) is 5.80. The monoisotopic (exact) mass is 139 g/mol. The third-order valence-corrected chi connectivity index (χ3v) is 2.80. The van der Waals surface area contributed by atoms with E-state index in [9.17, 15) is 0 Å². The third-order valence-electron chi connectivity index (χ3n) is 2.80. The maximum atomic E-state index is 5.89. The first-order valence-corrected chi connectivity index (χ1v) is 3.77. The second-order valence-corrected chi connectivity index (χ2v) is 3.32. The molecule has 2 nitrogen and oxygen atoms in total. The smallest absolute Gasteiger partial charge is 0.101 e. The highest BCUT2D eigenvalue weighted by molar-refractivity contribution is 5.23. The zero-order valence-electron chi connectivity index (χ0n) is 6.21. The molecule has 3 atom stereocenters. The van der Waals surface area contributed by atoms with Crippen LogP contribution in [-0.4, -0.2) is 18.8 Å². The van der Waals surface area contributed by atoms with Gasteiger partial charge in [-0.3, -0.25) is 0 Å². The molecule has 0 aromatic carbocycles. The Hall–Kier alpha value is -0.340. The first kappa shape index (κ1) is 6.38. The zero-order chi connectivity index (χ0) is 7.19. The van der Waals surface area contributed by atoms with Crippen molar-refractivity contribution in [3.05, 3.63) is 12.2 Å². The second kappa shape index (κ2) is 1.83. The van der Waals surface area contributed by atoms with E-state index < -0.39 is 0 Å². The standard InChI is InChI=1S/C8H13NO/c1-10-8-3-2-6(5-8)4-7(8)9/h2-3,6-7H,4-5,9H2,1H3/t6-,7+,8+/m0/s1. The molecular formula is C8H13NO. The third kappa shape index (κ3) is 0.607. The molecule has 1 saturated carbocycles. The van der Waals surface area contributed by atoms with Crippen molar-refractivity contribution >= 4 is 0 Å². The molecule has 2 aliphatic rings. The van der Waals surface area contributed by atoms with E-state index in [0.717, 1.165) is 12.8 Å². The Bertz CT molecular complexity index is 178. The Kier molecular flexibility index (Phi) is 1.17. The first-order chi connectivity index (χ1) is 4.77. The van der Waals surface area contributed by atoms with Crippen molar-refractivity contribution < 1.29 is 4.74 Å². The van der Waals surface area contributed by atoms with Crippen molar-refractivity contribution in [3.8, 4) is 0 Å². The topological polar surface area (TPSA) is 35.2 Å². The zero-order valence-corrected chi connectivity index (χ0v) is 6.21. The molecule has 0 aliphatic heterocycles. The van der Waals surface area contributed by atoms with Gasteiger partial charge in [0.2, 0.25) is 0 Å². The minimum Gasteiger partial charge on any atom is -0.373 e. The van der Waals surface area contributed by atoms with Crippen molar-refractivity contribution in [2.75, 3.05) is 7.11 Å². The van der Waals surface area contributed by atoms with Gasteiger partial charge in [0.1, 0.15) is 5.60 Å². The number of hydrogen-bond acceptors (Lipinski definition) is 2. The Morgan fingerprint density at radius 1 is 1.70 bits per heavy atom. The van der Waals surface area contributed by atoms with Crippen molar-refractivity contribution in [1.29, 1.82) is 0 Å². The number of nitrogens with two attached hydrogens (primary N) is 1. The molecular weight excluding hydrogens is 126 g/mol. The summed E-state index contributed by atoms with van der Waals surface area (Å²) >= 11 is 0. The van der Waals surface area contributed by atoms with Crippen LogP contribution in [0.5, 0.6) is 0 Å². The molecule has 0 saturated heterocycles. The highest BCUT2D eigenvalue weighted by Gasteiger charge is 2.47. The van der Waals surface area contributed by atoms with Gasteiger partial charge in [-0.25, -0.2) is 0 Å². The fourth-order valence-corrected chi connectivity index (χ4v) is 2.11. The highest BCUT2D eigenvalue weighted by Crippen LogP contribution is 2.43. The van der Waals surface area contributed by atoms with Gasteiger partial charge >= 0.3 is 0 Å². The molecule has 2 aliphatic carbocycles. The molecule has 10 heavy (non-hydrogen) atoms. The Balaban J connectivity index is 2.28. The molecule has 0 spiro atoms.